The Hall–Kier alpha value is -1.78. The van der Waals surface area contributed by atoms with Gasteiger partial charge < -0.3 is 5.11 Å². The number of hydrogen-bond acceptors (Lipinski definition) is 2. The van der Waals surface area contributed by atoms with Crippen LogP contribution in [0.1, 0.15) is 27.7 Å². The highest BCUT2D eigenvalue weighted by molar-refractivity contribution is 7.19. The first-order valence-electron chi connectivity index (χ1n) is 6.59. The highest BCUT2D eigenvalue weighted by Crippen LogP contribution is 2.36. The number of benzene rings is 2. The zero-order valence-corrected chi connectivity index (χ0v) is 12.5. The zero-order valence-electron chi connectivity index (χ0n) is 11.7. The van der Waals surface area contributed by atoms with Crippen LogP contribution in [0.15, 0.2) is 36.4 Å². The van der Waals surface area contributed by atoms with Crippen LogP contribution in [-0.2, 0) is 0 Å². The molecule has 1 atom stereocenters. The van der Waals surface area contributed by atoms with Gasteiger partial charge in [-0.25, -0.2) is 8.78 Å². The van der Waals surface area contributed by atoms with Crippen LogP contribution in [0.3, 0.4) is 0 Å². The predicted octanol–water partition coefficient (Wildman–Crippen LogP) is 4.88. The standard InChI is InChI=1S/C17H14F2OS/c1-9-5-13(19)6-10(2)16(9)17(20)15-7-11-3-4-12(18)8-14(11)21-15/h3-8,17,20H,1-2H3. The molecular formula is C17H14F2OS. The number of thiophene rings is 1. The van der Waals surface area contributed by atoms with Gasteiger partial charge in [0, 0.05) is 9.58 Å². The van der Waals surface area contributed by atoms with Crippen molar-refractivity contribution >= 4 is 21.4 Å². The molecule has 0 bridgehead atoms. The topological polar surface area (TPSA) is 20.2 Å². The van der Waals surface area contributed by atoms with Crippen LogP contribution in [-0.4, -0.2) is 5.11 Å². The van der Waals surface area contributed by atoms with E-state index >= 15 is 0 Å². The van der Waals surface area contributed by atoms with Gasteiger partial charge >= 0.3 is 0 Å². The van der Waals surface area contributed by atoms with E-state index in [1.54, 1.807) is 19.9 Å². The third-order valence-electron chi connectivity index (χ3n) is 3.60. The summed E-state index contributed by atoms with van der Waals surface area (Å²) in [4.78, 5) is 0.730. The largest absolute Gasteiger partial charge is 0.383 e. The van der Waals surface area contributed by atoms with Gasteiger partial charge in [-0.3, -0.25) is 0 Å². The van der Waals surface area contributed by atoms with E-state index < -0.39 is 6.10 Å². The zero-order chi connectivity index (χ0) is 15.1. The number of rotatable bonds is 2. The summed E-state index contributed by atoms with van der Waals surface area (Å²) in [5, 5.41) is 11.5. The molecule has 0 spiro atoms. The van der Waals surface area contributed by atoms with Crippen LogP contribution in [0.4, 0.5) is 8.78 Å². The van der Waals surface area contributed by atoms with E-state index in [-0.39, 0.29) is 11.6 Å². The molecule has 0 saturated heterocycles. The Balaban J connectivity index is 2.10. The Kier molecular flexibility index (Phi) is 3.51. The van der Waals surface area contributed by atoms with E-state index in [0.717, 1.165) is 15.0 Å². The van der Waals surface area contributed by atoms with E-state index in [0.29, 0.717) is 16.7 Å². The maximum atomic E-state index is 13.4. The molecule has 3 rings (SSSR count). The maximum Gasteiger partial charge on any atom is 0.124 e. The summed E-state index contributed by atoms with van der Waals surface area (Å²) in [6.07, 6.45) is -0.828. The normalized spacial score (nSPS) is 12.8. The van der Waals surface area contributed by atoms with E-state index in [9.17, 15) is 13.9 Å². The summed E-state index contributed by atoms with van der Waals surface area (Å²) in [6.45, 7) is 3.56. The Morgan fingerprint density at radius 3 is 2.29 bits per heavy atom. The Labute approximate surface area is 125 Å². The highest BCUT2D eigenvalue weighted by atomic mass is 32.1. The number of halogens is 2. The molecule has 0 aliphatic heterocycles. The molecule has 3 aromatic rings. The van der Waals surface area contributed by atoms with Crippen LogP contribution in [0.5, 0.6) is 0 Å². The van der Waals surface area contributed by atoms with Gasteiger partial charge in [0.1, 0.15) is 17.7 Å². The van der Waals surface area contributed by atoms with Crippen molar-refractivity contribution in [1.29, 1.82) is 0 Å². The average Bonchev–Trinajstić information content (AvgIpc) is 2.80. The lowest BCUT2D eigenvalue weighted by atomic mass is 9.96. The first-order chi connectivity index (χ1) is 9.95. The SMILES string of the molecule is Cc1cc(F)cc(C)c1C(O)c1cc2ccc(F)cc2s1. The first-order valence-corrected chi connectivity index (χ1v) is 7.41. The molecule has 1 N–H and O–H groups in total. The van der Waals surface area contributed by atoms with E-state index in [4.69, 9.17) is 0 Å². The summed E-state index contributed by atoms with van der Waals surface area (Å²) in [5.74, 6) is -0.598. The summed E-state index contributed by atoms with van der Waals surface area (Å²) < 4.78 is 27.4. The average molecular weight is 304 g/mol. The summed E-state index contributed by atoms with van der Waals surface area (Å²) in [7, 11) is 0. The molecule has 0 aliphatic carbocycles. The van der Waals surface area contributed by atoms with Crippen molar-refractivity contribution in [3.63, 3.8) is 0 Å². The molecule has 1 aromatic heterocycles. The van der Waals surface area contributed by atoms with Crippen LogP contribution >= 0.6 is 11.3 Å². The number of hydrogen-bond donors (Lipinski definition) is 1. The Morgan fingerprint density at radius 1 is 0.952 bits per heavy atom. The molecular weight excluding hydrogens is 290 g/mol. The molecule has 1 nitrogen and oxygen atoms in total. The van der Waals surface area contributed by atoms with Gasteiger partial charge in [0.25, 0.3) is 0 Å². The fraction of sp³-hybridized carbons (Fsp3) is 0.176. The third-order valence-corrected chi connectivity index (χ3v) is 4.75. The molecule has 0 saturated carbocycles. The lowest BCUT2D eigenvalue weighted by molar-refractivity contribution is 0.222. The maximum absolute atomic E-state index is 13.4. The lowest BCUT2D eigenvalue weighted by Gasteiger charge is -2.15. The van der Waals surface area contributed by atoms with Gasteiger partial charge in [0.2, 0.25) is 0 Å². The second kappa shape index (κ2) is 5.20. The molecule has 0 fully saturated rings. The van der Waals surface area contributed by atoms with Gasteiger partial charge in [-0.2, -0.15) is 0 Å². The lowest BCUT2D eigenvalue weighted by Crippen LogP contribution is -2.03. The molecule has 0 aliphatic rings. The van der Waals surface area contributed by atoms with Gasteiger partial charge in [-0.15, -0.1) is 11.3 Å². The van der Waals surface area contributed by atoms with Crippen LogP contribution in [0.2, 0.25) is 0 Å². The van der Waals surface area contributed by atoms with Crippen molar-refractivity contribution in [3.05, 3.63) is 69.6 Å². The van der Waals surface area contributed by atoms with Gasteiger partial charge in [-0.05, 0) is 66.3 Å². The van der Waals surface area contributed by atoms with E-state index in [2.05, 4.69) is 0 Å². The second-order valence-corrected chi connectivity index (χ2v) is 6.30. The van der Waals surface area contributed by atoms with Gasteiger partial charge in [0.15, 0.2) is 0 Å². The van der Waals surface area contributed by atoms with E-state index in [1.165, 1.54) is 35.6 Å². The van der Waals surface area contributed by atoms with Crippen LogP contribution < -0.4 is 0 Å². The molecule has 4 heteroatoms. The molecule has 108 valence electrons. The van der Waals surface area contributed by atoms with Crippen LogP contribution in [0.25, 0.3) is 10.1 Å². The Bertz CT molecular complexity index is 800. The molecule has 1 heterocycles. The molecule has 1 unspecified atom stereocenters. The number of aryl methyl sites for hydroxylation is 2. The number of aliphatic hydroxyl groups excluding tert-OH is 1. The third kappa shape index (κ3) is 2.57. The monoisotopic (exact) mass is 304 g/mol. The van der Waals surface area contributed by atoms with Crippen molar-refractivity contribution in [2.75, 3.05) is 0 Å². The first kappa shape index (κ1) is 14.2. The van der Waals surface area contributed by atoms with Crippen molar-refractivity contribution in [2.45, 2.75) is 20.0 Å². The van der Waals surface area contributed by atoms with Crippen molar-refractivity contribution < 1.29 is 13.9 Å². The number of aliphatic hydroxyl groups is 1. The second-order valence-electron chi connectivity index (χ2n) is 5.19. The van der Waals surface area contributed by atoms with Crippen LogP contribution in [0, 0.1) is 25.5 Å². The highest BCUT2D eigenvalue weighted by Gasteiger charge is 2.19. The minimum atomic E-state index is -0.828. The molecule has 2 aromatic carbocycles. The predicted molar refractivity (Wildman–Crippen MR) is 81.7 cm³/mol. The van der Waals surface area contributed by atoms with Crippen molar-refractivity contribution in [3.8, 4) is 0 Å². The quantitative estimate of drug-likeness (QED) is 0.715. The minimum Gasteiger partial charge on any atom is -0.383 e. The smallest absolute Gasteiger partial charge is 0.124 e. The Morgan fingerprint density at radius 2 is 1.62 bits per heavy atom. The molecule has 21 heavy (non-hydrogen) atoms. The summed E-state index contributed by atoms with van der Waals surface area (Å²) in [6, 6.07) is 9.24. The van der Waals surface area contributed by atoms with E-state index in [1.807, 2.05) is 6.07 Å². The fourth-order valence-corrected chi connectivity index (χ4v) is 3.74. The van der Waals surface area contributed by atoms with Crippen molar-refractivity contribution in [1.82, 2.24) is 0 Å². The molecule has 0 radical (unpaired) electrons. The fourth-order valence-electron chi connectivity index (χ4n) is 2.66. The summed E-state index contributed by atoms with van der Waals surface area (Å²) in [5.41, 5.74) is 2.13. The van der Waals surface area contributed by atoms with Crippen molar-refractivity contribution in [2.24, 2.45) is 0 Å². The molecule has 0 amide bonds. The van der Waals surface area contributed by atoms with Gasteiger partial charge in [0.05, 0.1) is 0 Å². The van der Waals surface area contributed by atoms with Gasteiger partial charge in [-0.1, -0.05) is 6.07 Å². The minimum absolute atomic E-state index is 0.292. The number of fused-ring (bicyclic) bond motifs is 1. The summed E-state index contributed by atoms with van der Waals surface area (Å²) >= 11 is 1.35.